The molecule has 1 atom stereocenters. The molecule has 0 amide bonds. The fourth-order valence-corrected chi connectivity index (χ4v) is 2.14. The molecule has 2 rings (SSSR count). The number of hydrogen-bond acceptors (Lipinski definition) is 3. The molecule has 0 fully saturated rings. The number of rotatable bonds is 4. The molecule has 1 aromatic carbocycles. The van der Waals surface area contributed by atoms with Crippen LogP contribution in [0.25, 0.3) is 0 Å². The Morgan fingerprint density at radius 1 is 1.38 bits per heavy atom. The van der Waals surface area contributed by atoms with Crippen LogP contribution in [0.3, 0.4) is 0 Å². The molecular formula is C12H13ClN2S. The number of nitrogens with zero attached hydrogens (tertiary/aromatic N) is 1. The van der Waals surface area contributed by atoms with Crippen molar-refractivity contribution in [3.63, 3.8) is 0 Å². The lowest BCUT2D eigenvalue weighted by Gasteiger charge is -2.13. The van der Waals surface area contributed by atoms with Crippen molar-refractivity contribution in [3.05, 3.63) is 51.4 Å². The number of thiazole rings is 1. The van der Waals surface area contributed by atoms with Gasteiger partial charge in [0.25, 0.3) is 0 Å². The number of hydrogen-bond donors (Lipinski definition) is 1. The first-order valence-electron chi connectivity index (χ1n) is 5.11. The summed E-state index contributed by atoms with van der Waals surface area (Å²) in [5.41, 5.74) is 4.18. The first-order valence-corrected chi connectivity index (χ1v) is 6.43. The average molecular weight is 253 g/mol. The molecule has 2 nitrogen and oxygen atoms in total. The summed E-state index contributed by atoms with van der Waals surface area (Å²) in [6.45, 7) is 2.93. The zero-order chi connectivity index (χ0) is 11.4. The van der Waals surface area contributed by atoms with Gasteiger partial charge in [-0.2, -0.15) is 0 Å². The van der Waals surface area contributed by atoms with Crippen molar-refractivity contribution in [1.82, 2.24) is 10.3 Å². The number of nitrogens with one attached hydrogen (secondary N) is 1. The van der Waals surface area contributed by atoms with Crippen molar-refractivity contribution in [2.75, 3.05) is 0 Å². The van der Waals surface area contributed by atoms with Gasteiger partial charge in [0.05, 0.1) is 11.2 Å². The van der Waals surface area contributed by atoms with Gasteiger partial charge >= 0.3 is 0 Å². The molecule has 2 aromatic rings. The molecule has 16 heavy (non-hydrogen) atoms. The third-order valence-electron chi connectivity index (χ3n) is 2.44. The van der Waals surface area contributed by atoms with E-state index in [0.29, 0.717) is 6.04 Å². The lowest BCUT2D eigenvalue weighted by molar-refractivity contribution is 0.569. The fraction of sp³-hybridized carbons (Fsp3) is 0.250. The molecule has 0 unspecified atom stereocenters. The van der Waals surface area contributed by atoms with Gasteiger partial charge in [-0.25, -0.2) is 4.98 Å². The Bertz CT molecular complexity index is 425. The Kier molecular flexibility index (Phi) is 3.93. The fourth-order valence-electron chi connectivity index (χ4n) is 1.45. The van der Waals surface area contributed by atoms with E-state index in [4.69, 9.17) is 11.6 Å². The monoisotopic (exact) mass is 252 g/mol. The van der Waals surface area contributed by atoms with E-state index in [1.165, 1.54) is 5.56 Å². The summed E-state index contributed by atoms with van der Waals surface area (Å²) in [4.78, 5) is 4.23. The minimum Gasteiger partial charge on any atom is -0.305 e. The van der Waals surface area contributed by atoms with Crippen molar-refractivity contribution in [2.45, 2.75) is 19.5 Å². The first kappa shape index (κ1) is 11.6. The maximum absolute atomic E-state index is 5.85. The zero-order valence-electron chi connectivity index (χ0n) is 8.98. The molecule has 0 saturated heterocycles. The molecule has 1 heterocycles. The molecular weight excluding hydrogens is 240 g/mol. The second-order valence-electron chi connectivity index (χ2n) is 3.63. The van der Waals surface area contributed by atoms with Crippen molar-refractivity contribution >= 4 is 22.9 Å². The minimum atomic E-state index is 0.305. The topological polar surface area (TPSA) is 24.9 Å². The number of aromatic nitrogens is 1. The van der Waals surface area contributed by atoms with E-state index >= 15 is 0 Å². The van der Waals surface area contributed by atoms with Gasteiger partial charge in [-0.15, -0.1) is 11.3 Å². The van der Waals surface area contributed by atoms with Crippen molar-refractivity contribution in [3.8, 4) is 0 Å². The zero-order valence-corrected chi connectivity index (χ0v) is 10.6. The standard InChI is InChI=1S/C12H13ClN2S/c1-9(10-2-4-11(13)5-3-10)14-6-12-7-16-8-15-12/h2-5,7-9,14H,6H2,1H3/t9-/m0/s1. The highest BCUT2D eigenvalue weighted by Gasteiger charge is 2.04. The smallest absolute Gasteiger partial charge is 0.0795 e. The predicted octanol–water partition coefficient (Wildman–Crippen LogP) is 3.65. The highest BCUT2D eigenvalue weighted by Crippen LogP contribution is 2.16. The van der Waals surface area contributed by atoms with E-state index in [0.717, 1.165) is 17.3 Å². The highest BCUT2D eigenvalue weighted by molar-refractivity contribution is 7.07. The Hall–Kier alpha value is -0.900. The van der Waals surface area contributed by atoms with Crippen LogP contribution in [0.2, 0.25) is 5.02 Å². The summed E-state index contributed by atoms with van der Waals surface area (Å²) in [5, 5.41) is 6.25. The number of halogens is 1. The van der Waals surface area contributed by atoms with E-state index in [-0.39, 0.29) is 0 Å². The van der Waals surface area contributed by atoms with Crippen molar-refractivity contribution in [2.24, 2.45) is 0 Å². The number of benzene rings is 1. The lowest BCUT2D eigenvalue weighted by Crippen LogP contribution is -2.18. The normalized spacial score (nSPS) is 12.6. The Balaban J connectivity index is 1.93. The summed E-state index contributed by atoms with van der Waals surface area (Å²) in [7, 11) is 0. The largest absolute Gasteiger partial charge is 0.305 e. The van der Waals surface area contributed by atoms with Gasteiger partial charge < -0.3 is 5.32 Å². The molecule has 84 valence electrons. The van der Waals surface area contributed by atoms with Crippen LogP contribution in [0, 0.1) is 0 Å². The van der Waals surface area contributed by atoms with Crippen LogP contribution in [0.5, 0.6) is 0 Å². The van der Waals surface area contributed by atoms with Gasteiger partial charge in [-0.3, -0.25) is 0 Å². The van der Waals surface area contributed by atoms with Crippen LogP contribution in [0.1, 0.15) is 24.2 Å². The van der Waals surface area contributed by atoms with Gasteiger partial charge in [-0.05, 0) is 24.6 Å². The molecule has 0 saturated carbocycles. The molecule has 0 spiro atoms. The SMILES string of the molecule is C[C@H](NCc1cscn1)c1ccc(Cl)cc1. The van der Waals surface area contributed by atoms with Gasteiger partial charge in [0.15, 0.2) is 0 Å². The van der Waals surface area contributed by atoms with E-state index in [9.17, 15) is 0 Å². The van der Waals surface area contributed by atoms with Gasteiger partial charge in [0.1, 0.15) is 0 Å². The van der Waals surface area contributed by atoms with Crippen molar-refractivity contribution in [1.29, 1.82) is 0 Å². The van der Waals surface area contributed by atoms with Crippen LogP contribution in [0.15, 0.2) is 35.2 Å². The summed E-state index contributed by atoms with van der Waals surface area (Å²) in [6.07, 6.45) is 0. The van der Waals surface area contributed by atoms with Crippen LogP contribution in [-0.4, -0.2) is 4.98 Å². The molecule has 0 aliphatic heterocycles. The van der Waals surface area contributed by atoms with Gasteiger partial charge in [0, 0.05) is 23.0 Å². The maximum Gasteiger partial charge on any atom is 0.0795 e. The summed E-state index contributed by atoms with van der Waals surface area (Å²) < 4.78 is 0. The molecule has 0 radical (unpaired) electrons. The van der Waals surface area contributed by atoms with Crippen molar-refractivity contribution < 1.29 is 0 Å². The average Bonchev–Trinajstić information content (AvgIpc) is 2.80. The van der Waals surface area contributed by atoms with Gasteiger partial charge in [-0.1, -0.05) is 23.7 Å². The van der Waals surface area contributed by atoms with E-state index in [1.54, 1.807) is 11.3 Å². The van der Waals surface area contributed by atoms with E-state index in [2.05, 4.69) is 22.6 Å². The third kappa shape index (κ3) is 3.04. The van der Waals surface area contributed by atoms with Crippen LogP contribution >= 0.6 is 22.9 Å². The molecule has 1 N–H and O–H groups in total. The summed E-state index contributed by atoms with van der Waals surface area (Å²) >= 11 is 7.47. The second-order valence-corrected chi connectivity index (χ2v) is 4.79. The summed E-state index contributed by atoms with van der Waals surface area (Å²) in [5.74, 6) is 0. The Labute approximate surface area is 104 Å². The highest BCUT2D eigenvalue weighted by atomic mass is 35.5. The molecule has 4 heteroatoms. The van der Waals surface area contributed by atoms with Gasteiger partial charge in [0.2, 0.25) is 0 Å². The Morgan fingerprint density at radius 3 is 2.75 bits per heavy atom. The molecule has 0 aliphatic carbocycles. The second kappa shape index (κ2) is 5.43. The van der Waals surface area contributed by atoms with E-state index < -0.39 is 0 Å². The van der Waals surface area contributed by atoms with E-state index in [1.807, 2.05) is 29.8 Å². The molecule has 0 aliphatic rings. The minimum absolute atomic E-state index is 0.305. The molecule has 0 bridgehead atoms. The Morgan fingerprint density at radius 2 is 2.12 bits per heavy atom. The molecule has 1 aromatic heterocycles. The maximum atomic E-state index is 5.85. The van der Waals surface area contributed by atoms with Crippen LogP contribution < -0.4 is 5.32 Å². The first-order chi connectivity index (χ1) is 7.75. The quantitative estimate of drug-likeness (QED) is 0.899. The van der Waals surface area contributed by atoms with Crippen LogP contribution in [-0.2, 0) is 6.54 Å². The third-order valence-corrected chi connectivity index (χ3v) is 3.33. The van der Waals surface area contributed by atoms with Crippen LogP contribution in [0.4, 0.5) is 0 Å². The predicted molar refractivity (Wildman–Crippen MR) is 68.8 cm³/mol. The summed E-state index contributed by atoms with van der Waals surface area (Å²) in [6, 6.07) is 8.22. The lowest BCUT2D eigenvalue weighted by atomic mass is 10.1.